The van der Waals surface area contributed by atoms with Crippen LogP contribution in [0.4, 0.5) is 17.6 Å². The van der Waals surface area contributed by atoms with Gasteiger partial charge in [0.2, 0.25) is 41.4 Å². The van der Waals surface area contributed by atoms with Crippen molar-refractivity contribution in [1.29, 1.82) is 0 Å². The highest BCUT2D eigenvalue weighted by Crippen LogP contribution is 2.33. The maximum Gasteiger partial charge on any atom is 0.416 e. The summed E-state index contributed by atoms with van der Waals surface area (Å²) in [5.74, 6) is 14.4. The largest absolute Gasteiger partial charge is 0.497 e. The number of amides is 7. The van der Waals surface area contributed by atoms with E-state index in [0.29, 0.717) is 137 Å². The summed E-state index contributed by atoms with van der Waals surface area (Å²) in [5, 5.41) is 39.9. The number of carbonyl (C=O) groups is 7. The highest BCUT2D eigenvalue weighted by Gasteiger charge is 2.31. The van der Waals surface area contributed by atoms with E-state index in [4.69, 9.17) is 238 Å². The molecule has 7 aromatic rings. The van der Waals surface area contributed by atoms with Crippen molar-refractivity contribution >= 4 is 254 Å². The van der Waals surface area contributed by atoms with Gasteiger partial charge >= 0.3 is 6.18 Å². The van der Waals surface area contributed by atoms with Crippen molar-refractivity contribution in [3.63, 3.8) is 0 Å². The van der Waals surface area contributed by atoms with E-state index >= 15 is 0 Å². The number of aryl methyl sites for hydroxylation is 2. The van der Waals surface area contributed by atoms with Gasteiger partial charge in [-0.2, -0.15) is 13.2 Å². The molecule has 0 unspecified atom stereocenters. The van der Waals surface area contributed by atoms with Gasteiger partial charge in [-0.25, -0.2) is 4.39 Å². The van der Waals surface area contributed by atoms with Crippen LogP contribution in [-0.2, 0) is 97.9 Å². The summed E-state index contributed by atoms with van der Waals surface area (Å²) in [6, 6.07) is 33.6. The van der Waals surface area contributed by atoms with Crippen LogP contribution in [0.2, 0.25) is 40.2 Å². The topological polar surface area (TPSA) is 253 Å². The summed E-state index contributed by atoms with van der Waals surface area (Å²) in [7, 11) is 1.58. The minimum absolute atomic E-state index is 0.0148. The highest BCUT2D eigenvalue weighted by molar-refractivity contribution is 7.81. The normalized spacial score (nSPS) is 9.85. The van der Waals surface area contributed by atoms with E-state index in [2.05, 4.69) is 78.7 Å². The third-order valence-corrected chi connectivity index (χ3v) is 21.2. The van der Waals surface area contributed by atoms with Gasteiger partial charge in [0.05, 0.1) is 75.9 Å². The Hall–Kier alpha value is -9.86. The van der Waals surface area contributed by atoms with E-state index in [1.54, 1.807) is 43.5 Å². The van der Waals surface area contributed by atoms with Crippen LogP contribution in [0.3, 0.4) is 0 Å². The van der Waals surface area contributed by atoms with Crippen LogP contribution in [-0.4, -0.2) is 139 Å². The molecule has 0 aliphatic rings. The molecule has 0 bridgehead atoms. The van der Waals surface area contributed by atoms with Gasteiger partial charge in [-0.1, -0.05) is 262 Å². The number of aliphatic hydroxyl groups is 2. The Bertz CT molecular complexity index is 5390. The number of hydrogen-bond acceptors (Lipinski definition) is 17. The van der Waals surface area contributed by atoms with Gasteiger partial charge < -0.3 is 52.2 Å². The number of ether oxygens (including phenoxy) is 1. The van der Waals surface area contributed by atoms with Crippen LogP contribution in [0.15, 0.2) is 121 Å². The number of terminal acetylenes is 7. The number of alkyl halides is 3. The fourth-order valence-electron chi connectivity index (χ4n) is 10.2. The van der Waals surface area contributed by atoms with Gasteiger partial charge in [0.1, 0.15) is 11.6 Å². The summed E-state index contributed by atoms with van der Waals surface area (Å²) in [4.78, 5) is 82.7. The maximum atomic E-state index is 13.2. The van der Waals surface area contributed by atoms with Crippen molar-refractivity contribution in [1.82, 2.24) is 37.2 Å². The number of rotatable bonds is 38. The van der Waals surface area contributed by atoms with Crippen molar-refractivity contribution in [3.05, 3.63) is 234 Å². The second-order valence-electron chi connectivity index (χ2n) is 27.7. The Morgan fingerprint density at radius 1 is 0.338 bits per heavy atom. The lowest BCUT2D eigenvalue weighted by Crippen LogP contribution is -2.29. The lowest BCUT2D eigenvalue weighted by Gasteiger charge is -2.11. The molecule has 0 fully saturated rings. The number of aliphatic hydroxyl groups excluding tert-OH is 2. The first-order valence-electron chi connectivity index (χ1n) is 39.0. The van der Waals surface area contributed by atoms with Crippen LogP contribution < -0.4 is 42.0 Å². The van der Waals surface area contributed by atoms with Crippen molar-refractivity contribution in [3.8, 4) is 92.2 Å². The molecule has 9 N–H and O–H groups in total. The van der Waals surface area contributed by atoms with E-state index in [1.807, 2.05) is 68.4 Å². The minimum Gasteiger partial charge on any atom is -0.497 e. The van der Waals surface area contributed by atoms with Crippen LogP contribution in [0.5, 0.6) is 5.75 Å². The molecule has 0 heterocycles. The Balaban J connectivity index is 0.000000776. The molecule has 36 heteroatoms. The van der Waals surface area contributed by atoms with E-state index in [-0.39, 0.29) is 136 Å². The molecule has 0 saturated carbocycles. The fraction of sp³-hybridized carbons (Fsp3) is 0.278. The molecule has 0 spiro atoms. The van der Waals surface area contributed by atoms with E-state index < -0.39 is 17.6 Å². The van der Waals surface area contributed by atoms with Crippen LogP contribution in [0.25, 0.3) is 0 Å². The van der Waals surface area contributed by atoms with Gasteiger partial charge in [-0.05, 0) is 148 Å². The smallest absolute Gasteiger partial charge is 0.416 e. The molecule has 7 rings (SSSR count). The summed E-state index contributed by atoms with van der Waals surface area (Å²) in [6.07, 6.45) is 34.2. The number of benzene rings is 7. The van der Waals surface area contributed by atoms with Gasteiger partial charge in [0, 0.05) is 166 Å². The maximum absolute atomic E-state index is 13.2. The molecule has 0 aliphatic heterocycles. The lowest BCUT2D eigenvalue weighted by atomic mass is 10.1. The lowest BCUT2D eigenvalue weighted by molar-refractivity contribution is -0.137. The molecular weight excluding hydrogens is 2010 g/mol. The Morgan fingerprint density at radius 3 is 0.925 bits per heavy atom. The Morgan fingerprint density at radius 2 is 0.624 bits per heavy atom. The quantitative estimate of drug-likeness (QED) is 0.00991. The molecule has 0 aliphatic carbocycles. The monoisotopic (exact) mass is 2090 g/mol. The van der Waals surface area contributed by atoms with Crippen molar-refractivity contribution in [2.75, 3.05) is 52.9 Å². The molecule has 7 aromatic carbocycles. The first-order chi connectivity index (χ1) is 62.9. The zero-order valence-electron chi connectivity index (χ0n) is 71.9. The molecular formula is C97H91Cl8F4N7O10S7. The van der Waals surface area contributed by atoms with E-state index in [9.17, 15) is 51.1 Å². The average Bonchev–Trinajstić information content (AvgIpc) is 0.839. The van der Waals surface area contributed by atoms with Crippen molar-refractivity contribution in [2.45, 2.75) is 123 Å². The van der Waals surface area contributed by atoms with Gasteiger partial charge in [0.15, 0.2) is 0 Å². The molecule has 0 aromatic heterocycles. The number of methoxy groups -OCH3 is 1. The second kappa shape index (κ2) is 68.2. The number of nitrogens with one attached hydrogen (secondary N) is 7. The van der Waals surface area contributed by atoms with E-state index in [0.717, 1.165) is 70.9 Å². The van der Waals surface area contributed by atoms with Crippen LogP contribution in [0, 0.1) is 106 Å². The molecule has 0 radical (unpaired) electrons. The Labute approximate surface area is 851 Å². The molecule has 7 amide bonds. The molecule has 133 heavy (non-hydrogen) atoms. The summed E-state index contributed by atoms with van der Waals surface area (Å²) in [5.41, 5.74) is 8.30. The van der Waals surface area contributed by atoms with Gasteiger partial charge in [-0.3, -0.25) is 33.6 Å². The predicted octanol–water partition coefficient (Wildman–Crippen LogP) is 18.2. The zero-order valence-corrected chi connectivity index (χ0v) is 83.7. The fourth-order valence-corrected chi connectivity index (χ4v) is 13.7. The van der Waals surface area contributed by atoms with Crippen molar-refractivity contribution in [2.24, 2.45) is 0 Å². The first kappa shape index (κ1) is 121. The highest BCUT2D eigenvalue weighted by atomic mass is 35.5. The second-order valence-corrected chi connectivity index (χ2v) is 35.0. The van der Waals surface area contributed by atoms with Crippen molar-refractivity contribution < 1.29 is 66.1 Å². The summed E-state index contributed by atoms with van der Waals surface area (Å²) < 4.78 is 56.3. The first-order valence-corrected chi connectivity index (χ1v) is 44.9. The minimum atomic E-state index is -4.47. The third-order valence-electron chi connectivity index (χ3n) is 16.6. The van der Waals surface area contributed by atoms with Gasteiger partial charge in [0.25, 0.3) is 0 Å². The van der Waals surface area contributed by atoms with Crippen LogP contribution in [0.1, 0.15) is 112 Å². The zero-order chi connectivity index (χ0) is 100. The summed E-state index contributed by atoms with van der Waals surface area (Å²) >= 11 is 83.3. The number of halogens is 12. The van der Waals surface area contributed by atoms with Gasteiger partial charge in [-0.15, -0.1) is 45.0 Å². The van der Waals surface area contributed by atoms with E-state index in [1.165, 1.54) is 18.2 Å². The van der Waals surface area contributed by atoms with Crippen LogP contribution >= 0.6 is 178 Å². The number of thiocarbonyl (C=S) groups is 7. The SMILES string of the molecule is C#CCC(=O)NCC(=S)Cc1cc(Cl)c(CO)c(Cl)c1.C#CCC(=O)NCC(=S)Cc1cc(Cl)cc(C(F)(F)F)c1.C#CCC(=O)NCC(=S)Cc1cc(Cl)cc(OC)c1.C#CCC(=O)NCC(=S)Cc1ccc(C)c(Cl)c1.C#CCC(=O)NCC(=S)Cc1ccc(CO)c(Cl)c1.C#CCC(=O)NCC(=S)Cc1ccc(Cl)c(C)c1.C#CCC(=O)NCC(=S)Cc1ccc(Cl)c(F)c1. The molecule has 0 atom stereocenters. The molecule has 17 nitrogen and oxygen atoms in total. The number of carbonyl (C=O) groups excluding carboxylic acids is 7. The number of hydrogen-bond donors (Lipinski definition) is 9. The third kappa shape index (κ3) is 55.6. The standard InChI is InChI=1S/C14H13Cl2NO2S.C14H11ClF3NOS.2C14H14ClNO2S.2C14H14ClNOS.C13H11ClFNOS/c1-2-3-14(19)17-7-10(20)4-9-5-12(15)11(8-18)13(16)6-9;1-2-3-13(20)19-8-12(21)6-9-4-10(14(16,17)18)7-11(15)5-9;1-3-4-14(17)16-9-13(19)7-10-5-11(15)8-12(6-10)18-2;1-2-3-14(18)16-8-12(19)6-10-4-5-11(9-17)13(15)7-10;1-3-4-14(17)16-9-12(18)8-11-5-6-13(15)10(2)7-11;1-3-4-14(17)16-9-12(18)7-11-6-5-10(2)13(15)8-11;1-2-3-13(17)16-8-10(18)6-9-4-5-11(14)12(15)7-9/h1,5-6,18H,3-4,7-8H2,(H,17,19);1,4-5,7H,3,6,8H2,(H,19,20);1,5-6,8H,4,7,9H2,2H3,(H,16,17);1,4-5,7,17H,3,6,8-9H2,(H,16,18);1,5-7H,4,8-9H2,2H3,(H,16,17);1,5-6,8H,4,7,9H2,2H3,(H,16,17);1,4-5,7H,3,6,8H2,(H,16,17). The predicted molar refractivity (Wildman–Crippen MR) is 557 cm³/mol. The Kier molecular flexibility index (Phi) is 62.1. The summed E-state index contributed by atoms with van der Waals surface area (Å²) in [6.45, 7) is 5.56. The molecule has 0 saturated heterocycles. The average molecular weight is 2100 g/mol. The molecule has 700 valence electrons.